The van der Waals surface area contributed by atoms with Gasteiger partial charge in [-0.25, -0.2) is 14.6 Å². The van der Waals surface area contributed by atoms with E-state index >= 15 is 0 Å². The SMILES string of the molecule is COc1cc(N(C)C)ccc1-c1nc2cnncc2[nH]1.O=C(O)/C=C/C(=O)O. The first-order valence-corrected chi connectivity index (χ1v) is 7.98. The van der Waals surface area contributed by atoms with Gasteiger partial charge in [-0.1, -0.05) is 0 Å². The van der Waals surface area contributed by atoms with Gasteiger partial charge in [-0.05, 0) is 12.1 Å². The van der Waals surface area contributed by atoms with Crippen molar-refractivity contribution in [2.45, 2.75) is 0 Å². The van der Waals surface area contributed by atoms with Crippen LogP contribution in [-0.2, 0) is 9.59 Å². The number of H-pyrrole nitrogens is 1. The topological polar surface area (TPSA) is 142 Å². The van der Waals surface area contributed by atoms with Gasteiger partial charge in [0.2, 0.25) is 0 Å². The van der Waals surface area contributed by atoms with Crippen molar-refractivity contribution in [1.29, 1.82) is 0 Å². The molecule has 0 aliphatic heterocycles. The van der Waals surface area contributed by atoms with Crippen LogP contribution < -0.4 is 9.64 Å². The lowest BCUT2D eigenvalue weighted by Crippen LogP contribution is -2.08. The van der Waals surface area contributed by atoms with E-state index < -0.39 is 11.9 Å². The molecule has 3 N–H and O–H groups in total. The molecular formula is C18H19N5O5. The molecule has 0 bridgehead atoms. The number of ether oxygens (including phenoxy) is 1. The van der Waals surface area contributed by atoms with Gasteiger partial charge in [0.05, 0.1) is 30.6 Å². The number of hydrogen-bond acceptors (Lipinski definition) is 7. The van der Waals surface area contributed by atoms with Gasteiger partial charge in [-0.3, -0.25) is 0 Å². The van der Waals surface area contributed by atoms with Gasteiger partial charge in [0.1, 0.15) is 17.1 Å². The van der Waals surface area contributed by atoms with Gasteiger partial charge < -0.3 is 24.8 Å². The van der Waals surface area contributed by atoms with Crippen molar-refractivity contribution in [1.82, 2.24) is 20.2 Å². The van der Waals surface area contributed by atoms with Crippen LogP contribution >= 0.6 is 0 Å². The summed E-state index contributed by atoms with van der Waals surface area (Å²) in [5.74, 6) is -0.993. The minimum atomic E-state index is -1.26. The molecule has 146 valence electrons. The van der Waals surface area contributed by atoms with Crippen LogP contribution in [0.3, 0.4) is 0 Å². The third-order valence-electron chi connectivity index (χ3n) is 3.52. The van der Waals surface area contributed by atoms with Crippen LogP contribution in [0.4, 0.5) is 5.69 Å². The Labute approximate surface area is 160 Å². The van der Waals surface area contributed by atoms with Crippen molar-refractivity contribution in [2.75, 3.05) is 26.1 Å². The summed E-state index contributed by atoms with van der Waals surface area (Å²) < 4.78 is 5.47. The van der Waals surface area contributed by atoms with Crippen LogP contribution in [-0.4, -0.2) is 63.5 Å². The molecule has 3 aromatic rings. The summed E-state index contributed by atoms with van der Waals surface area (Å²) in [7, 11) is 5.64. The maximum absolute atomic E-state index is 9.55. The zero-order chi connectivity index (χ0) is 20.7. The number of hydrogen-bond donors (Lipinski definition) is 3. The first-order valence-electron chi connectivity index (χ1n) is 7.98. The molecule has 1 aromatic carbocycles. The van der Waals surface area contributed by atoms with Gasteiger partial charge in [-0.15, -0.1) is 0 Å². The monoisotopic (exact) mass is 385 g/mol. The standard InChI is InChI=1S/C14H15N5O.C4H4O4/c1-19(2)9-4-5-10(13(6-9)20-3)14-17-11-7-15-16-8-12(11)18-14;5-3(6)1-2-4(7)8/h4-8H,1-3H3,(H,17,18);1-2H,(H,5,6)(H,7,8)/b;2-1+. The first-order chi connectivity index (χ1) is 13.3. The zero-order valence-electron chi connectivity index (χ0n) is 15.4. The quantitative estimate of drug-likeness (QED) is 0.560. The predicted octanol–water partition coefficient (Wildman–Crippen LogP) is 1.81. The van der Waals surface area contributed by atoms with Crippen LogP contribution in [0.2, 0.25) is 0 Å². The van der Waals surface area contributed by atoms with Crippen LogP contribution in [0.5, 0.6) is 5.75 Å². The summed E-state index contributed by atoms with van der Waals surface area (Å²) >= 11 is 0. The average Bonchev–Trinajstić information content (AvgIpc) is 3.10. The van der Waals surface area contributed by atoms with E-state index in [2.05, 4.69) is 20.2 Å². The molecule has 0 saturated carbocycles. The number of imidazole rings is 1. The molecule has 2 heterocycles. The highest BCUT2D eigenvalue weighted by Crippen LogP contribution is 2.32. The van der Waals surface area contributed by atoms with Crippen molar-refractivity contribution in [2.24, 2.45) is 0 Å². The van der Waals surface area contributed by atoms with Crippen LogP contribution in [0.25, 0.3) is 22.4 Å². The average molecular weight is 385 g/mol. The van der Waals surface area contributed by atoms with E-state index in [0.29, 0.717) is 12.2 Å². The van der Waals surface area contributed by atoms with E-state index in [1.54, 1.807) is 19.5 Å². The Morgan fingerprint density at radius 3 is 2.29 bits per heavy atom. The van der Waals surface area contributed by atoms with Crippen LogP contribution in [0.1, 0.15) is 0 Å². The molecular weight excluding hydrogens is 366 g/mol. The Hall–Kier alpha value is -3.95. The molecule has 10 heteroatoms. The smallest absolute Gasteiger partial charge is 0.328 e. The molecule has 28 heavy (non-hydrogen) atoms. The molecule has 0 saturated heterocycles. The summed E-state index contributed by atoms with van der Waals surface area (Å²) in [6.07, 6.45) is 4.41. The Morgan fingerprint density at radius 2 is 1.75 bits per heavy atom. The number of aromatic amines is 1. The molecule has 2 aromatic heterocycles. The number of carboxylic acids is 2. The van der Waals surface area contributed by atoms with Crippen LogP contribution in [0, 0.1) is 0 Å². The second-order valence-electron chi connectivity index (χ2n) is 5.66. The summed E-state index contributed by atoms with van der Waals surface area (Å²) in [5.41, 5.74) is 3.63. The summed E-state index contributed by atoms with van der Waals surface area (Å²) in [4.78, 5) is 28.9. The lowest BCUT2D eigenvalue weighted by molar-refractivity contribution is -0.134. The molecule has 0 amide bonds. The van der Waals surface area contributed by atoms with E-state index in [1.807, 2.05) is 37.2 Å². The fraction of sp³-hybridized carbons (Fsp3) is 0.167. The molecule has 0 aliphatic carbocycles. The number of nitrogens with zero attached hydrogens (tertiary/aromatic N) is 4. The maximum atomic E-state index is 9.55. The molecule has 0 atom stereocenters. The lowest BCUT2D eigenvalue weighted by atomic mass is 10.1. The van der Waals surface area contributed by atoms with Crippen molar-refractivity contribution >= 4 is 28.7 Å². The minimum absolute atomic E-state index is 0.558. The second-order valence-corrected chi connectivity index (χ2v) is 5.66. The van der Waals surface area contributed by atoms with Crippen molar-refractivity contribution in [3.8, 4) is 17.1 Å². The summed E-state index contributed by atoms with van der Waals surface area (Å²) in [6.45, 7) is 0. The maximum Gasteiger partial charge on any atom is 0.328 e. The number of nitrogens with one attached hydrogen (secondary N) is 1. The summed E-state index contributed by atoms with van der Waals surface area (Å²) in [6, 6.07) is 6.01. The fourth-order valence-electron chi connectivity index (χ4n) is 2.20. The number of aromatic nitrogens is 4. The molecule has 0 radical (unpaired) electrons. The second kappa shape index (κ2) is 9.12. The number of anilines is 1. The molecule has 0 spiro atoms. The Morgan fingerprint density at radius 1 is 1.11 bits per heavy atom. The number of benzene rings is 1. The third kappa shape index (κ3) is 5.27. The normalized spacial score (nSPS) is 10.4. The number of aliphatic carboxylic acids is 2. The molecule has 0 aliphatic rings. The molecule has 0 fully saturated rings. The highest BCUT2D eigenvalue weighted by molar-refractivity contribution is 5.89. The van der Waals surface area contributed by atoms with E-state index in [0.717, 1.165) is 33.9 Å². The Kier molecular flexibility index (Phi) is 6.63. The van der Waals surface area contributed by atoms with Gasteiger partial charge in [0.25, 0.3) is 0 Å². The number of carbonyl (C=O) groups is 2. The molecule has 10 nitrogen and oxygen atoms in total. The van der Waals surface area contributed by atoms with Gasteiger partial charge in [-0.2, -0.15) is 10.2 Å². The van der Waals surface area contributed by atoms with E-state index in [9.17, 15) is 9.59 Å². The number of fused-ring (bicyclic) bond motifs is 1. The highest BCUT2D eigenvalue weighted by atomic mass is 16.5. The zero-order valence-corrected chi connectivity index (χ0v) is 15.4. The Bertz CT molecular complexity index is 964. The van der Waals surface area contributed by atoms with E-state index in [4.69, 9.17) is 14.9 Å². The number of rotatable bonds is 5. The minimum Gasteiger partial charge on any atom is -0.496 e. The van der Waals surface area contributed by atoms with Crippen molar-refractivity contribution in [3.05, 3.63) is 42.7 Å². The van der Waals surface area contributed by atoms with Gasteiger partial charge in [0.15, 0.2) is 0 Å². The highest BCUT2D eigenvalue weighted by Gasteiger charge is 2.12. The third-order valence-corrected chi connectivity index (χ3v) is 3.52. The van der Waals surface area contributed by atoms with Crippen molar-refractivity contribution in [3.63, 3.8) is 0 Å². The van der Waals surface area contributed by atoms with Gasteiger partial charge >= 0.3 is 11.9 Å². The number of methoxy groups -OCH3 is 1. The van der Waals surface area contributed by atoms with Gasteiger partial charge in [0, 0.05) is 38.0 Å². The lowest BCUT2D eigenvalue weighted by Gasteiger charge is -2.15. The Balaban J connectivity index is 0.000000300. The van der Waals surface area contributed by atoms with E-state index in [1.165, 1.54) is 0 Å². The largest absolute Gasteiger partial charge is 0.496 e. The van der Waals surface area contributed by atoms with Crippen LogP contribution in [0.15, 0.2) is 42.7 Å². The summed E-state index contributed by atoms with van der Waals surface area (Å²) in [5, 5.41) is 23.3. The fourth-order valence-corrected chi connectivity index (χ4v) is 2.20. The molecule has 3 rings (SSSR count). The van der Waals surface area contributed by atoms with E-state index in [-0.39, 0.29) is 0 Å². The van der Waals surface area contributed by atoms with Crippen molar-refractivity contribution < 1.29 is 24.5 Å². The number of carboxylic acid groups (broad SMARTS) is 2. The first kappa shape index (κ1) is 20.4. The molecule has 0 unspecified atom stereocenters. The predicted molar refractivity (Wildman–Crippen MR) is 102 cm³/mol.